The molecule has 0 aromatic carbocycles. The van der Waals surface area contributed by atoms with Crippen LogP contribution < -0.4 is 0 Å². The summed E-state index contributed by atoms with van der Waals surface area (Å²) >= 11 is 0. The average Bonchev–Trinajstić information content (AvgIpc) is 2.94. The highest BCUT2D eigenvalue weighted by Gasteiger charge is 2.33. The second-order valence-corrected chi connectivity index (χ2v) is 7.72. The van der Waals surface area contributed by atoms with E-state index in [4.69, 9.17) is 10.7 Å². The third kappa shape index (κ3) is 2.98. The van der Waals surface area contributed by atoms with E-state index in [1.165, 1.54) is 0 Å². The van der Waals surface area contributed by atoms with Gasteiger partial charge in [0.1, 0.15) is 4.90 Å². The fourth-order valence-electron chi connectivity index (χ4n) is 2.46. The minimum absolute atomic E-state index is 0.0856. The molecule has 0 aliphatic carbocycles. The molecule has 2 heterocycles. The van der Waals surface area contributed by atoms with E-state index in [-0.39, 0.29) is 16.5 Å². The van der Waals surface area contributed by atoms with Crippen LogP contribution in [-0.2, 0) is 15.5 Å². The Morgan fingerprint density at radius 3 is 2.75 bits per heavy atom. The summed E-state index contributed by atoms with van der Waals surface area (Å²) in [4.78, 5) is 13.9. The van der Waals surface area contributed by atoms with Crippen LogP contribution in [0.3, 0.4) is 0 Å². The number of aryl methyl sites for hydroxylation is 1. The smallest absolute Gasteiger partial charge is 0.275 e. The molecule has 1 aliphatic rings. The Morgan fingerprint density at radius 2 is 2.25 bits per heavy atom. The van der Waals surface area contributed by atoms with Crippen molar-refractivity contribution in [3.63, 3.8) is 0 Å². The van der Waals surface area contributed by atoms with Gasteiger partial charge in [-0.15, -0.1) is 0 Å². The lowest BCUT2D eigenvalue weighted by atomic mass is 10.2. The van der Waals surface area contributed by atoms with Crippen molar-refractivity contribution < 1.29 is 13.2 Å². The van der Waals surface area contributed by atoms with Crippen LogP contribution >= 0.6 is 10.7 Å². The molecule has 0 bridgehead atoms. The average molecular weight is 320 g/mol. The number of H-pyrrole nitrogens is 1. The van der Waals surface area contributed by atoms with Gasteiger partial charge < -0.3 is 4.90 Å². The van der Waals surface area contributed by atoms with Crippen molar-refractivity contribution in [3.8, 4) is 0 Å². The molecule has 20 heavy (non-hydrogen) atoms. The fraction of sp³-hybridized carbons (Fsp3) is 0.667. The molecule has 1 aromatic rings. The van der Waals surface area contributed by atoms with E-state index in [1.807, 2.05) is 6.92 Å². The maximum atomic E-state index is 12.4. The normalized spacial score (nSPS) is 19.6. The predicted molar refractivity (Wildman–Crippen MR) is 75.3 cm³/mol. The molecule has 1 aromatic heterocycles. The second-order valence-electron chi connectivity index (χ2n) is 5.21. The molecular weight excluding hydrogens is 302 g/mol. The largest absolute Gasteiger partial charge is 0.337 e. The first-order valence-electron chi connectivity index (χ1n) is 6.65. The zero-order chi connectivity index (χ0) is 14.9. The van der Waals surface area contributed by atoms with E-state index in [0.717, 1.165) is 12.8 Å². The van der Waals surface area contributed by atoms with E-state index < -0.39 is 9.05 Å². The van der Waals surface area contributed by atoms with Crippen molar-refractivity contribution >= 4 is 25.6 Å². The van der Waals surface area contributed by atoms with Crippen molar-refractivity contribution in [1.29, 1.82) is 0 Å². The van der Waals surface area contributed by atoms with Gasteiger partial charge in [0.2, 0.25) is 0 Å². The number of nitrogens with one attached hydrogen (secondary N) is 1. The summed E-state index contributed by atoms with van der Waals surface area (Å²) in [6.45, 7) is 5.21. The lowest BCUT2D eigenvalue weighted by Crippen LogP contribution is -2.29. The van der Waals surface area contributed by atoms with Gasteiger partial charge in [-0.25, -0.2) is 8.42 Å². The number of amides is 1. The zero-order valence-corrected chi connectivity index (χ0v) is 13.1. The van der Waals surface area contributed by atoms with Crippen LogP contribution in [0, 0.1) is 5.92 Å². The third-order valence-corrected chi connectivity index (χ3v) is 4.84. The predicted octanol–water partition coefficient (Wildman–Crippen LogP) is 1.77. The number of rotatable bonds is 4. The van der Waals surface area contributed by atoms with Crippen LogP contribution in [0.15, 0.2) is 4.90 Å². The highest BCUT2D eigenvalue weighted by Crippen LogP contribution is 2.26. The molecule has 0 spiro atoms. The molecule has 8 heteroatoms. The van der Waals surface area contributed by atoms with Gasteiger partial charge in [0.05, 0.1) is 5.69 Å². The van der Waals surface area contributed by atoms with E-state index in [2.05, 4.69) is 17.1 Å². The summed E-state index contributed by atoms with van der Waals surface area (Å²) in [5.41, 5.74) is 0.315. The van der Waals surface area contributed by atoms with E-state index in [9.17, 15) is 13.2 Å². The highest BCUT2D eigenvalue weighted by atomic mass is 35.7. The van der Waals surface area contributed by atoms with Crippen LogP contribution in [0.25, 0.3) is 0 Å². The van der Waals surface area contributed by atoms with Gasteiger partial charge in [-0.3, -0.25) is 9.89 Å². The number of nitrogens with zero attached hydrogens (tertiary/aromatic N) is 2. The summed E-state index contributed by atoms with van der Waals surface area (Å²) in [6.07, 6.45) is 2.13. The first-order valence-corrected chi connectivity index (χ1v) is 8.96. The number of aromatic nitrogens is 2. The van der Waals surface area contributed by atoms with Gasteiger partial charge in [0.15, 0.2) is 5.69 Å². The van der Waals surface area contributed by atoms with Crippen molar-refractivity contribution in [3.05, 3.63) is 11.4 Å². The molecule has 1 amide bonds. The molecule has 0 radical (unpaired) electrons. The standard InChI is InChI=1S/C12H18ClN3O3S/c1-3-4-9-11(20(13,18)19)10(15-14-9)12(17)16-6-5-8(2)7-16/h8H,3-7H2,1-2H3,(H,14,15). The number of likely N-dealkylation sites (tertiary alicyclic amines) is 1. The lowest BCUT2D eigenvalue weighted by Gasteiger charge is -2.14. The minimum Gasteiger partial charge on any atom is -0.337 e. The maximum Gasteiger partial charge on any atom is 0.275 e. The van der Waals surface area contributed by atoms with Crippen molar-refractivity contribution in [2.45, 2.75) is 38.0 Å². The topological polar surface area (TPSA) is 83.1 Å². The first kappa shape index (κ1) is 15.3. The number of halogens is 1. The molecule has 112 valence electrons. The SMILES string of the molecule is CCCc1[nH]nc(C(=O)N2CCC(C)C2)c1S(=O)(=O)Cl. The van der Waals surface area contributed by atoms with Crippen LogP contribution in [0.5, 0.6) is 0 Å². The zero-order valence-electron chi connectivity index (χ0n) is 11.5. The number of carbonyl (C=O) groups excluding carboxylic acids is 1. The number of aromatic amines is 1. The van der Waals surface area contributed by atoms with Crippen molar-refractivity contribution in [2.75, 3.05) is 13.1 Å². The van der Waals surface area contributed by atoms with Gasteiger partial charge in [-0.2, -0.15) is 5.10 Å². The molecule has 1 aliphatic heterocycles. The van der Waals surface area contributed by atoms with Gasteiger partial charge >= 0.3 is 0 Å². The van der Waals surface area contributed by atoms with Gasteiger partial charge in [0, 0.05) is 23.8 Å². The van der Waals surface area contributed by atoms with Crippen LogP contribution in [0.4, 0.5) is 0 Å². The number of hydrogen-bond acceptors (Lipinski definition) is 4. The number of carbonyl (C=O) groups is 1. The molecule has 1 atom stereocenters. The summed E-state index contributed by atoms with van der Waals surface area (Å²) < 4.78 is 23.5. The maximum absolute atomic E-state index is 12.4. The summed E-state index contributed by atoms with van der Waals surface area (Å²) in [5.74, 6) is 0.0521. The molecule has 1 unspecified atom stereocenters. The Balaban J connectivity index is 2.39. The quantitative estimate of drug-likeness (QED) is 0.857. The molecule has 2 rings (SSSR count). The Kier molecular flexibility index (Phi) is 4.39. The molecule has 1 fully saturated rings. The fourth-order valence-corrected chi connectivity index (χ4v) is 3.77. The summed E-state index contributed by atoms with van der Waals surface area (Å²) in [6, 6.07) is 0. The third-order valence-electron chi connectivity index (χ3n) is 3.45. The van der Waals surface area contributed by atoms with E-state index in [0.29, 0.717) is 31.1 Å². The van der Waals surface area contributed by atoms with Crippen LogP contribution in [0.2, 0.25) is 0 Å². The van der Waals surface area contributed by atoms with Gasteiger partial charge in [-0.05, 0) is 18.8 Å². The van der Waals surface area contributed by atoms with Crippen molar-refractivity contribution in [2.24, 2.45) is 5.92 Å². The van der Waals surface area contributed by atoms with Gasteiger partial charge in [0.25, 0.3) is 15.0 Å². The van der Waals surface area contributed by atoms with Crippen molar-refractivity contribution in [1.82, 2.24) is 15.1 Å². The molecule has 1 N–H and O–H groups in total. The minimum atomic E-state index is -4.00. The second kappa shape index (κ2) is 5.73. The first-order chi connectivity index (χ1) is 9.34. The highest BCUT2D eigenvalue weighted by molar-refractivity contribution is 8.13. The number of hydrogen-bond donors (Lipinski definition) is 1. The van der Waals surface area contributed by atoms with Crippen LogP contribution in [-0.4, -0.2) is 42.5 Å². The molecule has 1 saturated heterocycles. The molecule has 6 nitrogen and oxygen atoms in total. The Labute approximate surface area is 122 Å². The molecular formula is C12H18ClN3O3S. The summed E-state index contributed by atoms with van der Waals surface area (Å²) in [7, 11) is 1.47. The van der Waals surface area contributed by atoms with E-state index >= 15 is 0 Å². The lowest BCUT2D eigenvalue weighted by molar-refractivity contribution is 0.0778. The van der Waals surface area contributed by atoms with E-state index in [1.54, 1.807) is 4.90 Å². The van der Waals surface area contributed by atoms with Gasteiger partial charge in [-0.1, -0.05) is 20.3 Å². The summed E-state index contributed by atoms with van der Waals surface area (Å²) in [5, 5.41) is 6.53. The monoisotopic (exact) mass is 319 g/mol. The Hall–Kier alpha value is -1.08. The Bertz CT molecular complexity index is 611. The van der Waals surface area contributed by atoms with Crippen LogP contribution in [0.1, 0.15) is 42.9 Å². The molecule has 0 saturated carbocycles. The Morgan fingerprint density at radius 1 is 1.55 bits per heavy atom.